The van der Waals surface area contributed by atoms with E-state index in [9.17, 15) is 13.6 Å². The van der Waals surface area contributed by atoms with Crippen molar-refractivity contribution in [3.63, 3.8) is 0 Å². The molecule has 0 aliphatic carbocycles. The number of aryl methyl sites for hydroxylation is 1. The Morgan fingerprint density at radius 1 is 1.26 bits per heavy atom. The van der Waals surface area contributed by atoms with E-state index >= 15 is 0 Å². The molecule has 0 bridgehead atoms. The Hall–Kier alpha value is -3.56. The van der Waals surface area contributed by atoms with E-state index in [4.69, 9.17) is 0 Å². The van der Waals surface area contributed by atoms with Crippen molar-refractivity contribution in [3.8, 4) is 11.4 Å². The summed E-state index contributed by atoms with van der Waals surface area (Å²) in [4.78, 5) is 12.1. The minimum absolute atomic E-state index is 0.0489. The van der Waals surface area contributed by atoms with E-state index in [0.29, 0.717) is 0 Å². The lowest BCUT2D eigenvalue weighted by Crippen LogP contribution is -2.22. The van der Waals surface area contributed by atoms with Crippen LogP contribution in [0.25, 0.3) is 5.69 Å². The molecular weight excluding hydrogens is 358 g/mol. The molecule has 3 aromatic rings. The van der Waals surface area contributed by atoms with Gasteiger partial charge >= 0.3 is 6.61 Å². The van der Waals surface area contributed by atoms with Crippen molar-refractivity contribution in [2.75, 3.05) is 17.2 Å². The molecule has 0 atom stereocenters. The molecule has 27 heavy (non-hydrogen) atoms. The second kappa shape index (κ2) is 8.21. The molecule has 10 heteroatoms. The van der Waals surface area contributed by atoms with Crippen LogP contribution < -0.4 is 15.4 Å². The van der Waals surface area contributed by atoms with Crippen molar-refractivity contribution in [2.45, 2.75) is 13.5 Å². The maximum absolute atomic E-state index is 12.4. The number of benzene rings is 2. The van der Waals surface area contributed by atoms with Crippen LogP contribution in [0.1, 0.15) is 5.56 Å². The summed E-state index contributed by atoms with van der Waals surface area (Å²) < 4.78 is 30.8. The SMILES string of the molecule is Cc1cc(NCC(=O)Nc2ccccc2OC(F)F)ccc1-n1cnnn1. The highest BCUT2D eigenvalue weighted by Gasteiger charge is 2.11. The molecule has 1 amide bonds. The van der Waals surface area contributed by atoms with Crippen LogP contribution >= 0.6 is 0 Å². The summed E-state index contributed by atoms with van der Waals surface area (Å²) in [7, 11) is 0. The minimum Gasteiger partial charge on any atom is -0.433 e. The van der Waals surface area contributed by atoms with Crippen LogP contribution in [0.15, 0.2) is 48.8 Å². The van der Waals surface area contributed by atoms with Gasteiger partial charge in [0.2, 0.25) is 5.91 Å². The zero-order valence-corrected chi connectivity index (χ0v) is 14.3. The lowest BCUT2D eigenvalue weighted by molar-refractivity contribution is -0.114. The third kappa shape index (κ3) is 4.75. The number of alkyl halides is 2. The molecule has 1 heterocycles. The standard InChI is InChI=1S/C17H16F2N6O2/c1-11-8-12(6-7-14(11)25-10-21-23-24-25)20-9-16(26)22-13-4-2-3-5-15(13)27-17(18)19/h2-8,10,17,20H,9H2,1H3,(H,22,26). The first-order valence-corrected chi connectivity index (χ1v) is 7.94. The molecule has 0 saturated heterocycles. The summed E-state index contributed by atoms with van der Waals surface area (Å²) in [6, 6.07) is 11.4. The van der Waals surface area contributed by atoms with Gasteiger partial charge in [-0.3, -0.25) is 4.79 Å². The van der Waals surface area contributed by atoms with Crippen LogP contribution in [0.3, 0.4) is 0 Å². The lowest BCUT2D eigenvalue weighted by Gasteiger charge is -2.13. The van der Waals surface area contributed by atoms with Crippen molar-refractivity contribution >= 4 is 17.3 Å². The summed E-state index contributed by atoms with van der Waals surface area (Å²) in [5.74, 6) is -0.495. The molecule has 0 fully saturated rings. The first-order chi connectivity index (χ1) is 13.0. The number of para-hydroxylation sites is 2. The van der Waals surface area contributed by atoms with E-state index < -0.39 is 12.5 Å². The van der Waals surface area contributed by atoms with Crippen LogP contribution in [0, 0.1) is 6.92 Å². The number of amides is 1. The number of hydrogen-bond donors (Lipinski definition) is 2. The molecule has 0 unspecified atom stereocenters. The fraction of sp³-hybridized carbons (Fsp3) is 0.176. The number of nitrogens with one attached hydrogen (secondary N) is 2. The van der Waals surface area contributed by atoms with E-state index in [1.165, 1.54) is 23.1 Å². The van der Waals surface area contributed by atoms with Gasteiger partial charge in [-0.05, 0) is 53.2 Å². The van der Waals surface area contributed by atoms with Gasteiger partial charge in [-0.15, -0.1) is 5.10 Å². The zero-order chi connectivity index (χ0) is 19.2. The Bertz CT molecular complexity index is 918. The summed E-state index contributed by atoms with van der Waals surface area (Å²) in [5, 5.41) is 16.5. The Labute approximate surface area is 153 Å². The molecule has 0 aliphatic heterocycles. The fourth-order valence-corrected chi connectivity index (χ4v) is 2.44. The number of nitrogens with zero attached hydrogens (tertiary/aromatic N) is 4. The zero-order valence-electron chi connectivity index (χ0n) is 14.3. The Morgan fingerprint density at radius 2 is 2.07 bits per heavy atom. The Balaban J connectivity index is 1.61. The van der Waals surface area contributed by atoms with Crippen LogP contribution in [0.5, 0.6) is 5.75 Å². The Kier molecular flexibility index (Phi) is 5.55. The highest BCUT2D eigenvalue weighted by Crippen LogP contribution is 2.25. The van der Waals surface area contributed by atoms with Crippen molar-refractivity contribution in [1.29, 1.82) is 0 Å². The summed E-state index contributed by atoms with van der Waals surface area (Å²) in [6.45, 7) is -1.13. The molecule has 0 spiro atoms. The number of carbonyl (C=O) groups excluding carboxylic acids is 1. The number of ether oxygens (including phenoxy) is 1. The Morgan fingerprint density at radius 3 is 2.78 bits per heavy atom. The molecular formula is C17H16F2N6O2. The second-order valence-corrected chi connectivity index (χ2v) is 5.53. The quantitative estimate of drug-likeness (QED) is 0.660. The average molecular weight is 374 g/mol. The lowest BCUT2D eigenvalue weighted by atomic mass is 10.2. The molecule has 3 rings (SSSR count). The number of tetrazole rings is 1. The molecule has 8 nitrogen and oxygen atoms in total. The number of rotatable bonds is 7. The van der Waals surface area contributed by atoms with E-state index in [1.54, 1.807) is 18.2 Å². The number of halogens is 2. The van der Waals surface area contributed by atoms with Gasteiger partial charge in [-0.25, -0.2) is 4.68 Å². The maximum Gasteiger partial charge on any atom is 0.387 e. The van der Waals surface area contributed by atoms with Gasteiger partial charge in [-0.2, -0.15) is 8.78 Å². The van der Waals surface area contributed by atoms with Crippen molar-refractivity contribution in [2.24, 2.45) is 0 Å². The van der Waals surface area contributed by atoms with Gasteiger partial charge < -0.3 is 15.4 Å². The van der Waals surface area contributed by atoms with Crippen LogP contribution in [0.2, 0.25) is 0 Å². The predicted octanol–water partition coefficient (Wildman–Crippen LogP) is 2.62. The normalized spacial score (nSPS) is 10.7. The van der Waals surface area contributed by atoms with E-state index in [-0.39, 0.29) is 18.0 Å². The van der Waals surface area contributed by atoms with Gasteiger partial charge in [-0.1, -0.05) is 12.1 Å². The van der Waals surface area contributed by atoms with Gasteiger partial charge in [0.25, 0.3) is 0 Å². The third-order valence-corrected chi connectivity index (χ3v) is 3.62. The molecule has 1 aromatic heterocycles. The highest BCUT2D eigenvalue weighted by molar-refractivity contribution is 5.95. The summed E-state index contributed by atoms with van der Waals surface area (Å²) in [6.07, 6.45) is 1.49. The molecule has 2 N–H and O–H groups in total. The monoisotopic (exact) mass is 374 g/mol. The van der Waals surface area contributed by atoms with E-state index in [2.05, 4.69) is 30.9 Å². The summed E-state index contributed by atoms with van der Waals surface area (Å²) in [5.41, 5.74) is 2.61. The molecule has 0 radical (unpaired) electrons. The molecule has 140 valence electrons. The van der Waals surface area contributed by atoms with E-state index in [0.717, 1.165) is 16.9 Å². The third-order valence-electron chi connectivity index (χ3n) is 3.62. The van der Waals surface area contributed by atoms with Crippen LogP contribution in [0.4, 0.5) is 20.2 Å². The van der Waals surface area contributed by atoms with E-state index in [1.807, 2.05) is 19.1 Å². The minimum atomic E-state index is -2.97. The first kappa shape index (κ1) is 18.2. The van der Waals surface area contributed by atoms with Crippen LogP contribution in [-0.4, -0.2) is 39.3 Å². The first-order valence-electron chi connectivity index (χ1n) is 7.94. The van der Waals surface area contributed by atoms with Gasteiger partial charge in [0.15, 0.2) is 0 Å². The summed E-state index contributed by atoms with van der Waals surface area (Å²) >= 11 is 0. The largest absolute Gasteiger partial charge is 0.433 e. The molecule has 0 saturated carbocycles. The van der Waals surface area contributed by atoms with Crippen molar-refractivity contribution in [3.05, 3.63) is 54.4 Å². The van der Waals surface area contributed by atoms with Crippen molar-refractivity contribution < 1.29 is 18.3 Å². The molecule has 2 aromatic carbocycles. The predicted molar refractivity (Wildman–Crippen MR) is 94.1 cm³/mol. The maximum atomic E-state index is 12.4. The fourth-order valence-electron chi connectivity index (χ4n) is 2.44. The van der Waals surface area contributed by atoms with Gasteiger partial charge in [0.05, 0.1) is 17.9 Å². The van der Waals surface area contributed by atoms with Gasteiger partial charge in [0.1, 0.15) is 12.1 Å². The number of carbonyl (C=O) groups is 1. The molecule has 0 aliphatic rings. The number of aromatic nitrogens is 4. The highest BCUT2D eigenvalue weighted by atomic mass is 19.3. The number of hydrogen-bond acceptors (Lipinski definition) is 6. The smallest absolute Gasteiger partial charge is 0.387 e. The number of anilines is 2. The van der Waals surface area contributed by atoms with Crippen LogP contribution in [-0.2, 0) is 4.79 Å². The topological polar surface area (TPSA) is 94.0 Å². The van der Waals surface area contributed by atoms with Gasteiger partial charge in [0, 0.05) is 5.69 Å². The average Bonchev–Trinajstić information content (AvgIpc) is 3.16. The second-order valence-electron chi connectivity index (χ2n) is 5.53. The van der Waals surface area contributed by atoms with Crippen molar-refractivity contribution in [1.82, 2.24) is 20.2 Å².